The maximum Gasteiger partial charge on any atom is 0.304 e. The molecule has 0 fully saturated rings. The maximum atomic E-state index is 14.0. The standard InChI is InChI=1S/C21H25FO2.C10H10O4/c1-13-10-15(24-12-21(3,4)23)11-14(2)20(13)18-8-9-19(22)17-7-5-6-16(17)18;11-7-1-2-8-6(3-10(12)13)5-14-9(8)4-7/h8-11,23H,5-7,12H2,1-4H3;1-2,4,6,11H,3,5H2,(H,12,13). The fourth-order valence-electron chi connectivity index (χ4n) is 5.23. The third-order valence-corrected chi connectivity index (χ3v) is 6.89. The minimum absolute atomic E-state index is 0.0672. The van der Waals surface area contributed by atoms with E-state index in [1.165, 1.54) is 11.6 Å². The highest BCUT2D eigenvalue weighted by molar-refractivity contribution is 5.76. The summed E-state index contributed by atoms with van der Waals surface area (Å²) in [5.41, 5.74) is 6.59. The van der Waals surface area contributed by atoms with E-state index in [1.807, 2.05) is 18.2 Å². The maximum absolute atomic E-state index is 14.0. The zero-order chi connectivity index (χ0) is 27.6. The number of aliphatic hydroxyl groups is 1. The molecule has 0 aromatic heterocycles. The van der Waals surface area contributed by atoms with Gasteiger partial charge in [-0.1, -0.05) is 12.1 Å². The number of carboxylic acid groups (broad SMARTS) is 1. The minimum atomic E-state index is -0.863. The van der Waals surface area contributed by atoms with Crippen LogP contribution in [0.1, 0.15) is 60.4 Å². The Labute approximate surface area is 222 Å². The average Bonchev–Trinajstić information content (AvgIpc) is 3.46. The van der Waals surface area contributed by atoms with Gasteiger partial charge in [0.15, 0.2) is 0 Å². The van der Waals surface area contributed by atoms with Crippen molar-refractivity contribution in [3.8, 4) is 28.4 Å². The highest BCUT2D eigenvalue weighted by Crippen LogP contribution is 2.39. The van der Waals surface area contributed by atoms with Crippen molar-refractivity contribution in [1.29, 1.82) is 0 Å². The summed E-state index contributed by atoms with van der Waals surface area (Å²) in [4.78, 5) is 10.5. The first-order chi connectivity index (χ1) is 17.9. The number of aryl methyl sites for hydroxylation is 2. The van der Waals surface area contributed by atoms with Gasteiger partial charge in [-0.25, -0.2) is 4.39 Å². The van der Waals surface area contributed by atoms with Crippen LogP contribution in [0.15, 0.2) is 42.5 Å². The molecule has 3 aromatic carbocycles. The molecule has 0 radical (unpaired) electrons. The Morgan fingerprint density at radius 1 is 1.08 bits per heavy atom. The van der Waals surface area contributed by atoms with Crippen LogP contribution in [0, 0.1) is 19.7 Å². The normalized spacial score (nSPS) is 15.7. The quantitative estimate of drug-likeness (QED) is 0.363. The van der Waals surface area contributed by atoms with Gasteiger partial charge in [0, 0.05) is 17.5 Å². The highest BCUT2D eigenvalue weighted by Gasteiger charge is 2.26. The Kier molecular flexibility index (Phi) is 7.97. The van der Waals surface area contributed by atoms with Crippen molar-refractivity contribution in [2.75, 3.05) is 13.2 Å². The summed E-state index contributed by atoms with van der Waals surface area (Å²) < 4.78 is 25.0. The first kappa shape index (κ1) is 27.5. The van der Waals surface area contributed by atoms with Crippen LogP contribution < -0.4 is 9.47 Å². The number of carbonyl (C=O) groups is 1. The molecule has 38 heavy (non-hydrogen) atoms. The summed E-state index contributed by atoms with van der Waals surface area (Å²) in [7, 11) is 0. The Bertz CT molecular complexity index is 1320. The van der Waals surface area contributed by atoms with E-state index in [2.05, 4.69) is 13.8 Å². The molecular weight excluding hydrogens is 487 g/mol. The topological polar surface area (TPSA) is 96.2 Å². The predicted octanol–water partition coefficient (Wildman–Crippen LogP) is 6.09. The zero-order valence-electron chi connectivity index (χ0n) is 22.3. The van der Waals surface area contributed by atoms with Crippen molar-refractivity contribution in [3.05, 3.63) is 76.1 Å². The Hall–Kier alpha value is -3.58. The third-order valence-electron chi connectivity index (χ3n) is 6.89. The molecule has 3 N–H and O–H groups in total. The predicted molar refractivity (Wildman–Crippen MR) is 144 cm³/mol. The van der Waals surface area contributed by atoms with Gasteiger partial charge in [0.05, 0.1) is 18.6 Å². The number of phenols is 1. The summed E-state index contributed by atoms with van der Waals surface area (Å²) in [5, 5.41) is 27.6. The molecule has 3 aromatic rings. The number of phenolic OH excluding ortho intramolecular Hbond substituents is 1. The fraction of sp³-hybridized carbons (Fsp3) is 0.387. The van der Waals surface area contributed by atoms with Gasteiger partial charge in [-0.05, 0) is 105 Å². The molecule has 0 saturated carbocycles. The number of benzene rings is 3. The van der Waals surface area contributed by atoms with E-state index >= 15 is 0 Å². The van der Waals surface area contributed by atoms with E-state index in [1.54, 1.807) is 32.0 Å². The Morgan fingerprint density at radius 3 is 2.42 bits per heavy atom. The molecule has 1 heterocycles. The van der Waals surface area contributed by atoms with Crippen LogP contribution >= 0.6 is 0 Å². The summed E-state index contributed by atoms with van der Waals surface area (Å²) >= 11 is 0. The number of halogens is 1. The number of hydrogen-bond acceptors (Lipinski definition) is 5. The van der Waals surface area contributed by atoms with Crippen LogP contribution in [-0.4, -0.2) is 40.1 Å². The number of hydrogen-bond donors (Lipinski definition) is 3. The molecule has 7 heteroatoms. The van der Waals surface area contributed by atoms with E-state index in [0.29, 0.717) is 12.4 Å². The number of aliphatic carboxylic acids is 1. The van der Waals surface area contributed by atoms with E-state index < -0.39 is 11.6 Å². The minimum Gasteiger partial charge on any atom is -0.508 e. The number of ether oxygens (including phenoxy) is 2. The molecule has 1 aliphatic carbocycles. The van der Waals surface area contributed by atoms with Crippen LogP contribution in [0.25, 0.3) is 11.1 Å². The summed E-state index contributed by atoms with van der Waals surface area (Å²) in [6, 6.07) is 12.3. The average molecular weight is 523 g/mol. The molecule has 6 nitrogen and oxygen atoms in total. The molecule has 0 amide bonds. The first-order valence-corrected chi connectivity index (χ1v) is 12.9. The second-order valence-electron chi connectivity index (χ2n) is 10.8. The molecule has 1 aliphatic heterocycles. The Morgan fingerprint density at radius 2 is 1.76 bits per heavy atom. The van der Waals surface area contributed by atoms with Crippen molar-refractivity contribution in [1.82, 2.24) is 0 Å². The van der Waals surface area contributed by atoms with E-state index in [0.717, 1.165) is 58.4 Å². The van der Waals surface area contributed by atoms with Gasteiger partial charge in [0.1, 0.15) is 29.7 Å². The van der Waals surface area contributed by atoms with Gasteiger partial charge in [-0.2, -0.15) is 0 Å². The van der Waals surface area contributed by atoms with Crippen molar-refractivity contribution in [2.24, 2.45) is 0 Å². The molecular formula is C31H35FO6. The van der Waals surface area contributed by atoms with Crippen LogP contribution in [0.5, 0.6) is 17.2 Å². The number of carboxylic acids is 1. The lowest BCUT2D eigenvalue weighted by Gasteiger charge is -2.20. The monoisotopic (exact) mass is 522 g/mol. The molecule has 0 bridgehead atoms. The largest absolute Gasteiger partial charge is 0.508 e. The molecule has 0 spiro atoms. The number of aromatic hydroxyl groups is 1. The van der Waals surface area contributed by atoms with Crippen molar-refractivity contribution >= 4 is 5.97 Å². The molecule has 2 aliphatic rings. The third kappa shape index (κ3) is 6.27. The molecule has 202 valence electrons. The summed E-state index contributed by atoms with van der Waals surface area (Å²) in [6.45, 7) is 8.20. The van der Waals surface area contributed by atoms with Crippen molar-refractivity contribution in [3.63, 3.8) is 0 Å². The Balaban J connectivity index is 0.000000204. The lowest BCUT2D eigenvalue weighted by atomic mass is 9.90. The van der Waals surface area contributed by atoms with Gasteiger partial charge in [-0.15, -0.1) is 0 Å². The van der Waals surface area contributed by atoms with E-state index in [9.17, 15) is 14.3 Å². The number of rotatable bonds is 6. The van der Waals surface area contributed by atoms with Gasteiger partial charge in [0.25, 0.3) is 0 Å². The van der Waals surface area contributed by atoms with E-state index in [4.69, 9.17) is 19.7 Å². The lowest BCUT2D eigenvalue weighted by Crippen LogP contribution is -2.27. The van der Waals surface area contributed by atoms with E-state index in [-0.39, 0.29) is 30.5 Å². The lowest BCUT2D eigenvalue weighted by molar-refractivity contribution is -0.137. The number of fused-ring (bicyclic) bond motifs is 2. The second kappa shape index (κ2) is 11.0. The van der Waals surface area contributed by atoms with Gasteiger partial charge >= 0.3 is 5.97 Å². The molecule has 1 unspecified atom stereocenters. The first-order valence-electron chi connectivity index (χ1n) is 12.9. The smallest absolute Gasteiger partial charge is 0.304 e. The van der Waals surface area contributed by atoms with Crippen molar-refractivity contribution < 1.29 is 34.0 Å². The van der Waals surface area contributed by atoms with Gasteiger partial charge in [-0.3, -0.25) is 4.79 Å². The molecule has 1 atom stereocenters. The van der Waals surface area contributed by atoms with Gasteiger partial charge in [0.2, 0.25) is 0 Å². The SMILES string of the molecule is Cc1cc(OCC(C)(C)O)cc(C)c1-c1ccc(F)c2c1CCC2.O=C(O)CC1COc2cc(O)ccc21. The summed E-state index contributed by atoms with van der Waals surface area (Å²) in [6.07, 6.45) is 2.87. The molecule has 0 saturated heterocycles. The highest BCUT2D eigenvalue weighted by atomic mass is 19.1. The summed E-state index contributed by atoms with van der Waals surface area (Å²) in [5.74, 6) is 0.486. The van der Waals surface area contributed by atoms with Gasteiger partial charge < -0.3 is 24.8 Å². The second-order valence-corrected chi connectivity index (χ2v) is 10.8. The van der Waals surface area contributed by atoms with Crippen LogP contribution in [0.3, 0.4) is 0 Å². The zero-order valence-corrected chi connectivity index (χ0v) is 22.3. The van der Waals surface area contributed by atoms with Crippen molar-refractivity contribution in [2.45, 2.75) is 64.9 Å². The fourth-order valence-corrected chi connectivity index (χ4v) is 5.23. The van der Waals surface area contributed by atoms with Crippen LogP contribution in [-0.2, 0) is 17.6 Å². The van der Waals surface area contributed by atoms with Crippen LogP contribution in [0.2, 0.25) is 0 Å². The molecule has 5 rings (SSSR count). The van der Waals surface area contributed by atoms with Crippen LogP contribution in [0.4, 0.5) is 4.39 Å².